The lowest BCUT2D eigenvalue weighted by Crippen LogP contribution is -2.13. The van der Waals surface area contributed by atoms with Crippen LogP contribution in [-0.2, 0) is 11.4 Å². The van der Waals surface area contributed by atoms with Crippen LogP contribution in [0.15, 0.2) is 24.3 Å². The van der Waals surface area contributed by atoms with Gasteiger partial charge in [-0.1, -0.05) is 38.1 Å². The Labute approximate surface area is 86.2 Å². The summed E-state index contributed by atoms with van der Waals surface area (Å²) < 4.78 is 0. The molecule has 0 aliphatic heterocycles. The van der Waals surface area contributed by atoms with Crippen LogP contribution in [0.3, 0.4) is 0 Å². The number of hydroxylamine groups is 1. The van der Waals surface area contributed by atoms with Gasteiger partial charge in [-0.3, -0.25) is 0 Å². The maximum Gasteiger partial charge on any atom is 0.0654 e. The Morgan fingerprint density at radius 3 is 2.36 bits per heavy atom. The minimum Gasteiger partial charge on any atom is -0.302 e. The molecule has 1 N–H and O–H groups in total. The van der Waals surface area contributed by atoms with Gasteiger partial charge in [0.1, 0.15) is 0 Å². The summed E-state index contributed by atoms with van der Waals surface area (Å²) >= 11 is 0. The van der Waals surface area contributed by atoms with E-state index in [4.69, 9.17) is 4.84 Å². The highest BCUT2D eigenvalue weighted by Gasteiger charge is 1.98. The Morgan fingerprint density at radius 1 is 1.21 bits per heavy atom. The molecular formula is C12H19NO. The topological polar surface area (TPSA) is 21.3 Å². The first-order valence-electron chi connectivity index (χ1n) is 5.17. The van der Waals surface area contributed by atoms with E-state index in [1.165, 1.54) is 11.1 Å². The number of hydrogen-bond donors (Lipinski definition) is 1. The van der Waals surface area contributed by atoms with Crippen LogP contribution >= 0.6 is 0 Å². The maximum atomic E-state index is 5.07. The summed E-state index contributed by atoms with van der Waals surface area (Å²) in [6.45, 7) is 7.84. The molecule has 0 spiro atoms. The van der Waals surface area contributed by atoms with Gasteiger partial charge in [0, 0.05) is 6.54 Å². The Balaban J connectivity index is 2.47. The largest absolute Gasteiger partial charge is 0.302 e. The smallest absolute Gasteiger partial charge is 0.0654 e. The summed E-state index contributed by atoms with van der Waals surface area (Å²) in [6, 6.07) is 8.63. The molecule has 0 aliphatic carbocycles. The summed E-state index contributed by atoms with van der Waals surface area (Å²) in [4.78, 5) is 5.07. The van der Waals surface area contributed by atoms with Crippen molar-refractivity contribution in [2.75, 3.05) is 6.61 Å². The maximum absolute atomic E-state index is 5.07. The predicted molar refractivity (Wildman–Crippen MR) is 59.0 cm³/mol. The van der Waals surface area contributed by atoms with Gasteiger partial charge < -0.3 is 4.84 Å². The van der Waals surface area contributed by atoms with Crippen molar-refractivity contribution in [1.29, 1.82) is 0 Å². The third-order valence-electron chi connectivity index (χ3n) is 2.17. The highest BCUT2D eigenvalue weighted by atomic mass is 16.6. The standard InChI is InChI=1S/C12H19NO/c1-4-14-13-9-11-5-7-12(8-6-11)10(2)3/h5-8,10,13H,4,9H2,1-3H3. The van der Waals surface area contributed by atoms with Crippen molar-refractivity contribution < 1.29 is 4.84 Å². The van der Waals surface area contributed by atoms with E-state index in [1.54, 1.807) is 0 Å². The Kier molecular flexibility index (Phi) is 4.63. The van der Waals surface area contributed by atoms with E-state index < -0.39 is 0 Å². The fourth-order valence-corrected chi connectivity index (χ4v) is 1.26. The molecule has 0 aromatic heterocycles. The third-order valence-corrected chi connectivity index (χ3v) is 2.17. The first kappa shape index (κ1) is 11.2. The van der Waals surface area contributed by atoms with Crippen molar-refractivity contribution in [3.8, 4) is 0 Å². The molecule has 2 nitrogen and oxygen atoms in total. The van der Waals surface area contributed by atoms with Gasteiger partial charge in [0.05, 0.1) is 6.61 Å². The average Bonchev–Trinajstić information content (AvgIpc) is 2.19. The normalized spacial score (nSPS) is 10.9. The lowest BCUT2D eigenvalue weighted by Gasteiger charge is -2.07. The van der Waals surface area contributed by atoms with Crippen molar-refractivity contribution >= 4 is 0 Å². The molecule has 14 heavy (non-hydrogen) atoms. The lowest BCUT2D eigenvalue weighted by atomic mass is 10.0. The number of benzene rings is 1. The molecule has 0 radical (unpaired) electrons. The third kappa shape index (κ3) is 3.48. The SMILES string of the molecule is CCONCc1ccc(C(C)C)cc1. The molecule has 1 aromatic carbocycles. The van der Waals surface area contributed by atoms with E-state index in [-0.39, 0.29) is 0 Å². The van der Waals surface area contributed by atoms with E-state index in [1.807, 2.05) is 6.92 Å². The van der Waals surface area contributed by atoms with Crippen molar-refractivity contribution in [2.24, 2.45) is 0 Å². The first-order chi connectivity index (χ1) is 6.74. The minimum atomic E-state index is 0.601. The van der Waals surface area contributed by atoms with E-state index in [0.717, 1.165) is 6.54 Å². The summed E-state index contributed by atoms with van der Waals surface area (Å²) in [7, 11) is 0. The highest BCUT2D eigenvalue weighted by molar-refractivity contribution is 5.24. The fraction of sp³-hybridized carbons (Fsp3) is 0.500. The summed E-state index contributed by atoms with van der Waals surface area (Å²) in [6.07, 6.45) is 0. The zero-order valence-corrected chi connectivity index (χ0v) is 9.21. The van der Waals surface area contributed by atoms with E-state index in [9.17, 15) is 0 Å². The van der Waals surface area contributed by atoms with Crippen molar-refractivity contribution in [3.63, 3.8) is 0 Å². The molecule has 0 unspecified atom stereocenters. The van der Waals surface area contributed by atoms with Crippen molar-refractivity contribution in [1.82, 2.24) is 5.48 Å². The van der Waals surface area contributed by atoms with Gasteiger partial charge in [-0.05, 0) is 24.0 Å². The molecular weight excluding hydrogens is 174 g/mol. The van der Waals surface area contributed by atoms with Gasteiger partial charge in [-0.15, -0.1) is 0 Å². The van der Waals surface area contributed by atoms with Crippen LogP contribution in [0.25, 0.3) is 0 Å². The number of rotatable bonds is 5. The number of hydrogen-bond acceptors (Lipinski definition) is 2. The summed E-state index contributed by atoms with van der Waals surface area (Å²) in [5, 5.41) is 0. The predicted octanol–water partition coefficient (Wildman–Crippen LogP) is 2.85. The Bertz CT molecular complexity index is 254. The second kappa shape index (κ2) is 5.78. The van der Waals surface area contributed by atoms with Crippen molar-refractivity contribution in [3.05, 3.63) is 35.4 Å². The first-order valence-corrected chi connectivity index (χ1v) is 5.17. The second-order valence-electron chi connectivity index (χ2n) is 3.65. The highest BCUT2D eigenvalue weighted by Crippen LogP contribution is 2.14. The van der Waals surface area contributed by atoms with Crippen LogP contribution in [0.5, 0.6) is 0 Å². The molecule has 0 bridgehead atoms. The average molecular weight is 193 g/mol. The summed E-state index contributed by atoms with van der Waals surface area (Å²) in [5.41, 5.74) is 5.53. The molecule has 0 saturated heterocycles. The van der Waals surface area contributed by atoms with Gasteiger partial charge in [-0.25, -0.2) is 0 Å². The molecule has 0 fully saturated rings. The molecule has 0 aliphatic rings. The summed E-state index contributed by atoms with van der Waals surface area (Å²) in [5.74, 6) is 0.601. The lowest BCUT2D eigenvalue weighted by molar-refractivity contribution is 0.0463. The quantitative estimate of drug-likeness (QED) is 0.573. The molecule has 2 heteroatoms. The van der Waals surface area contributed by atoms with Crippen molar-refractivity contribution in [2.45, 2.75) is 33.2 Å². The minimum absolute atomic E-state index is 0.601. The van der Waals surface area contributed by atoms with E-state index >= 15 is 0 Å². The molecule has 0 heterocycles. The van der Waals surface area contributed by atoms with Gasteiger partial charge in [0.2, 0.25) is 0 Å². The van der Waals surface area contributed by atoms with Gasteiger partial charge >= 0.3 is 0 Å². The van der Waals surface area contributed by atoms with Crippen LogP contribution < -0.4 is 5.48 Å². The van der Waals surface area contributed by atoms with Crippen LogP contribution in [0, 0.1) is 0 Å². The van der Waals surface area contributed by atoms with E-state index in [2.05, 4.69) is 43.6 Å². The molecule has 1 rings (SSSR count). The van der Waals surface area contributed by atoms with E-state index in [0.29, 0.717) is 12.5 Å². The van der Waals surface area contributed by atoms with Gasteiger partial charge in [0.15, 0.2) is 0 Å². The van der Waals surface area contributed by atoms with Crippen LogP contribution in [-0.4, -0.2) is 6.61 Å². The van der Waals surface area contributed by atoms with Crippen LogP contribution in [0.4, 0.5) is 0 Å². The molecule has 0 amide bonds. The molecule has 0 saturated carbocycles. The van der Waals surface area contributed by atoms with Gasteiger partial charge in [0.25, 0.3) is 0 Å². The second-order valence-corrected chi connectivity index (χ2v) is 3.65. The molecule has 78 valence electrons. The van der Waals surface area contributed by atoms with Crippen LogP contribution in [0.1, 0.15) is 37.8 Å². The molecule has 1 aromatic rings. The monoisotopic (exact) mass is 193 g/mol. The zero-order chi connectivity index (χ0) is 10.4. The molecule has 0 atom stereocenters. The van der Waals surface area contributed by atoms with Crippen LogP contribution in [0.2, 0.25) is 0 Å². The zero-order valence-electron chi connectivity index (χ0n) is 9.21. The van der Waals surface area contributed by atoms with Gasteiger partial charge in [-0.2, -0.15) is 5.48 Å². The Hall–Kier alpha value is -0.860. The Morgan fingerprint density at radius 2 is 1.86 bits per heavy atom. The number of nitrogens with one attached hydrogen (secondary N) is 1. The fourth-order valence-electron chi connectivity index (χ4n) is 1.26.